The first kappa shape index (κ1) is 18.5. The van der Waals surface area contributed by atoms with E-state index in [-0.39, 0.29) is 11.9 Å². The predicted molar refractivity (Wildman–Crippen MR) is 97.6 cm³/mol. The van der Waals surface area contributed by atoms with Gasteiger partial charge in [0.15, 0.2) is 11.1 Å². The second kappa shape index (κ2) is 8.86. The number of thiazole rings is 1. The fourth-order valence-electron chi connectivity index (χ4n) is 2.71. The Labute approximate surface area is 147 Å². The van der Waals surface area contributed by atoms with E-state index >= 15 is 0 Å². The molecule has 0 amide bonds. The third-order valence-electron chi connectivity index (χ3n) is 3.90. The van der Waals surface area contributed by atoms with Crippen molar-refractivity contribution >= 4 is 28.4 Å². The van der Waals surface area contributed by atoms with Crippen LogP contribution in [0.1, 0.15) is 25.5 Å². The van der Waals surface area contributed by atoms with Gasteiger partial charge in [0.1, 0.15) is 0 Å². The van der Waals surface area contributed by atoms with Gasteiger partial charge in [-0.05, 0) is 19.8 Å². The smallest absolute Gasteiger partial charge is 0.310 e. The van der Waals surface area contributed by atoms with Gasteiger partial charge in [0.05, 0.1) is 24.8 Å². The first-order chi connectivity index (χ1) is 11.5. The number of rotatable bonds is 5. The van der Waals surface area contributed by atoms with Crippen LogP contribution in [0.3, 0.4) is 0 Å². The molecule has 1 N–H and O–H groups in total. The zero-order valence-corrected chi connectivity index (χ0v) is 15.7. The number of piperidine rings is 1. The summed E-state index contributed by atoms with van der Waals surface area (Å²) in [5.41, 5.74) is 0.990. The molecule has 0 spiro atoms. The molecule has 0 saturated carbocycles. The predicted octanol–water partition coefficient (Wildman–Crippen LogP) is 1.56. The lowest BCUT2D eigenvalue weighted by molar-refractivity contribution is -0.149. The lowest BCUT2D eigenvalue weighted by atomic mass is 9.98. The monoisotopic (exact) mass is 353 g/mol. The van der Waals surface area contributed by atoms with Gasteiger partial charge in [-0.15, -0.1) is 11.3 Å². The van der Waals surface area contributed by atoms with Crippen LogP contribution >= 0.6 is 11.3 Å². The van der Waals surface area contributed by atoms with E-state index in [0.29, 0.717) is 19.7 Å². The van der Waals surface area contributed by atoms with Crippen LogP contribution in [0.4, 0.5) is 5.13 Å². The van der Waals surface area contributed by atoms with Gasteiger partial charge in [0, 0.05) is 39.6 Å². The number of guanidine groups is 1. The number of aromatic nitrogens is 1. The molecule has 134 valence electrons. The molecule has 0 aromatic carbocycles. The van der Waals surface area contributed by atoms with Crippen LogP contribution in [0.25, 0.3) is 0 Å². The minimum atomic E-state index is -0.104. The molecule has 1 aliphatic rings. The maximum Gasteiger partial charge on any atom is 0.310 e. The van der Waals surface area contributed by atoms with Crippen molar-refractivity contribution in [3.63, 3.8) is 0 Å². The molecule has 1 unspecified atom stereocenters. The van der Waals surface area contributed by atoms with Crippen molar-refractivity contribution in [3.05, 3.63) is 11.1 Å². The second-order valence-corrected chi connectivity index (χ2v) is 6.79. The van der Waals surface area contributed by atoms with E-state index in [1.165, 1.54) is 0 Å². The number of nitrogens with one attached hydrogen (secondary N) is 1. The minimum absolute atomic E-state index is 0.0723. The highest BCUT2D eigenvalue weighted by atomic mass is 32.1. The molecule has 1 aromatic rings. The molecular weight excluding hydrogens is 326 g/mol. The highest BCUT2D eigenvalue weighted by Gasteiger charge is 2.28. The summed E-state index contributed by atoms with van der Waals surface area (Å²) in [5, 5.41) is 6.39. The van der Waals surface area contributed by atoms with E-state index in [1.807, 2.05) is 31.3 Å². The average Bonchev–Trinajstić information content (AvgIpc) is 3.05. The van der Waals surface area contributed by atoms with Crippen molar-refractivity contribution in [2.45, 2.75) is 26.3 Å². The van der Waals surface area contributed by atoms with E-state index in [0.717, 1.165) is 36.2 Å². The topological polar surface area (TPSA) is 70.1 Å². The SMILES string of the molecule is CCOC(=O)C1CCCN(C(=NC)NCc2csc(N(C)C)n2)C1. The second-order valence-electron chi connectivity index (χ2n) is 5.95. The van der Waals surface area contributed by atoms with E-state index in [2.05, 4.69) is 20.2 Å². The fraction of sp³-hybridized carbons (Fsp3) is 0.688. The summed E-state index contributed by atoms with van der Waals surface area (Å²) in [6, 6.07) is 0. The van der Waals surface area contributed by atoms with Crippen molar-refractivity contribution in [2.24, 2.45) is 10.9 Å². The number of nitrogens with zero attached hydrogens (tertiary/aromatic N) is 4. The third kappa shape index (κ3) is 4.83. The van der Waals surface area contributed by atoms with Crippen molar-refractivity contribution in [3.8, 4) is 0 Å². The van der Waals surface area contributed by atoms with Gasteiger partial charge in [0.2, 0.25) is 0 Å². The summed E-state index contributed by atoms with van der Waals surface area (Å²) >= 11 is 1.62. The van der Waals surface area contributed by atoms with Crippen LogP contribution in [-0.4, -0.2) is 62.7 Å². The number of carbonyl (C=O) groups excluding carboxylic acids is 1. The summed E-state index contributed by atoms with van der Waals surface area (Å²) in [7, 11) is 5.74. The van der Waals surface area contributed by atoms with Crippen molar-refractivity contribution in [1.82, 2.24) is 15.2 Å². The molecule has 0 aliphatic carbocycles. The van der Waals surface area contributed by atoms with Crippen LogP contribution < -0.4 is 10.2 Å². The average molecular weight is 353 g/mol. The molecule has 7 nitrogen and oxygen atoms in total. The number of anilines is 1. The first-order valence-corrected chi connectivity index (χ1v) is 9.17. The van der Waals surface area contributed by atoms with Gasteiger partial charge in [-0.2, -0.15) is 0 Å². The van der Waals surface area contributed by atoms with Crippen LogP contribution in [-0.2, 0) is 16.1 Å². The normalized spacial score (nSPS) is 18.4. The summed E-state index contributed by atoms with van der Waals surface area (Å²) in [6.07, 6.45) is 1.84. The minimum Gasteiger partial charge on any atom is -0.466 e. The highest BCUT2D eigenvalue weighted by molar-refractivity contribution is 7.13. The van der Waals surface area contributed by atoms with Crippen LogP contribution in [0.5, 0.6) is 0 Å². The van der Waals surface area contributed by atoms with Crippen LogP contribution in [0.15, 0.2) is 10.4 Å². The Morgan fingerprint density at radius 3 is 3.00 bits per heavy atom. The molecule has 0 radical (unpaired) electrons. The first-order valence-electron chi connectivity index (χ1n) is 8.29. The molecule has 1 aromatic heterocycles. The third-order valence-corrected chi connectivity index (χ3v) is 4.96. The van der Waals surface area contributed by atoms with Gasteiger partial charge >= 0.3 is 5.97 Å². The molecule has 1 atom stereocenters. The van der Waals surface area contributed by atoms with Crippen LogP contribution in [0, 0.1) is 5.92 Å². The quantitative estimate of drug-likeness (QED) is 0.492. The lowest BCUT2D eigenvalue weighted by Gasteiger charge is -2.33. The number of carbonyl (C=O) groups is 1. The van der Waals surface area contributed by atoms with Crippen LogP contribution in [0.2, 0.25) is 0 Å². The number of hydrogen-bond acceptors (Lipinski definition) is 6. The largest absolute Gasteiger partial charge is 0.466 e. The van der Waals surface area contributed by atoms with Gasteiger partial charge in [-0.3, -0.25) is 9.79 Å². The maximum absolute atomic E-state index is 12.0. The molecular formula is C16H27N5O2S. The Kier molecular flexibility index (Phi) is 6.84. The summed E-state index contributed by atoms with van der Waals surface area (Å²) in [5.74, 6) is 0.632. The molecule has 8 heteroatoms. The Bertz CT molecular complexity index is 573. The Morgan fingerprint density at radius 1 is 1.58 bits per heavy atom. The number of likely N-dealkylation sites (tertiary alicyclic amines) is 1. The fourth-order valence-corrected chi connectivity index (χ4v) is 3.47. The highest BCUT2D eigenvalue weighted by Crippen LogP contribution is 2.19. The van der Waals surface area contributed by atoms with Crippen molar-refractivity contribution < 1.29 is 9.53 Å². The van der Waals surface area contributed by atoms with E-state index < -0.39 is 0 Å². The zero-order valence-electron chi connectivity index (χ0n) is 14.9. The molecule has 1 aliphatic heterocycles. The summed E-state index contributed by atoms with van der Waals surface area (Å²) < 4.78 is 5.16. The van der Waals surface area contributed by atoms with Gasteiger partial charge in [0.25, 0.3) is 0 Å². The number of aliphatic imine (C=N–C) groups is 1. The molecule has 1 saturated heterocycles. The van der Waals surface area contributed by atoms with Gasteiger partial charge < -0.3 is 19.9 Å². The standard InChI is InChI=1S/C16H27N5O2S/c1-5-23-14(22)12-7-6-8-21(10-12)15(17-2)18-9-13-11-24-16(19-13)20(3)4/h11-12H,5-10H2,1-4H3,(H,17,18). The van der Waals surface area contributed by atoms with Crippen molar-refractivity contribution in [1.29, 1.82) is 0 Å². The molecule has 2 rings (SSSR count). The summed E-state index contributed by atoms with van der Waals surface area (Å²) in [4.78, 5) is 25.0. The molecule has 0 bridgehead atoms. The molecule has 2 heterocycles. The maximum atomic E-state index is 12.0. The summed E-state index contributed by atoms with van der Waals surface area (Å²) in [6.45, 7) is 4.45. The number of esters is 1. The van der Waals surface area contributed by atoms with Gasteiger partial charge in [-0.25, -0.2) is 4.98 Å². The molecule has 24 heavy (non-hydrogen) atoms. The van der Waals surface area contributed by atoms with E-state index in [1.54, 1.807) is 18.4 Å². The lowest BCUT2D eigenvalue weighted by Crippen LogP contribution is -2.48. The van der Waals surface area contributed by atoms with Crippen molar-refractivity contribution in [2.75, 3.05) is 45.7 Å². The van der Waals surface area contributed by atoms with E-state index in [4.69, 9.17) is 4.74 Å². The van der Waals surface area contributed by atoms with Gasteiger partial charge in [-0.1, -0.05) is 0 Å². The number of hydrogen-bond donors (Lipinski definition) is 1. The van der Waals surface area contributed by atoms with E-state index in [9.17, 15) is 4.79 Å². The zero-order chi connectivity index (χ0) is 17.5. The Morgan fingerprint density at radius 2 is 2.38 bits per heavy atom. The Balaban J connectivity index is 1.91. The number of ether oxygens (including phenoxy) is 1. The molecule has 1 fully saturated rings. The Hall–Kier alpha value is -1.83.